The van der Waals surface area contributed by atoms with Gasteiger partial charge in [0.1, 0.15) is 5.01 Å². The first kappa shape index (κ1) is 20.3. The molecule has 0 spiro atoms. The summed E-state index contributed by atoms with van der Waals surface area (Å²) in [5.41, 5.74) is 1.02. The van der Waals surface area contributed by atoms with Gasteiger partial charge in [-0.25, -0.2) is 23.1 Å². The largest absolute Gasteiger partial charge is 0.357 e. The zero-order valence-electron chi connectivity index (χ0n) is 15.2. The van der Waals surface area contributed by atoms with Crippen LogP contribution < -0.4 is 15.4 Å². The van der Waals surface area contributed by atoms with Gasteiger partial charge in [0.05, 0.1) is 11.4 Å². The van der Waals surface area contributed by atoms with E-state index in [4.69, 9.17) is 0 Å². The first-order chi connectivity index (χ1) is 12.4. The van der Waals surface area contributed by atoms with Crippen LogP contribution in [0.2, 0.25) is 0 Å². The van der Waals surface area contributed by atoms with E-state index >= 15 is 0 Å². The third-order valence-electron chi connectivity index (χ3n) is 3.43. The molecule has 142 valence electrons. The fourth-order valence-corrected chi connectivity index (χ4v) is 3.87. The minimum absolute atomic E-state index is 0.261. The lowest BCUT2D eigenvalue weighted by Gasteiger charge is -2.12. The predicted molar refractivity (Wildman–Crippen MR) is 106 cm³/mol. The highest BCUT2D eigenvalue weighted by Gasteiger charge is 2.12. The summed E-state index contributed by atoms with van der Waals surface area (Å²) >= 11 is 1.61. The number of aryl methyl sites for hydroxylation is 2. The smallest absolute Gasteiger partial charge is 0.240 e. The van der Waals surface area contributed by atoms with Gasteiger partial charge in [0, 0.05) is 30.7 Å². The summed E-state index contributed by atoms with van der Waals surface area (Å²) in [6, 6.07) is 6.77. The van der Waals surface area contributed by atoms with Crippen molar-refractivity contribution in [1.82, 2.24) is 20.3 Å². The Balaban J connectivity index is 1.84. The van der Waals surface area contributed by atoms with Crippen molar-refractivity contribution in [2.24, 2.45) is 4.99 Å². The number of guanidine groups is 1. The molecule has 2 rings (SSSR count). The predicted octanol–water partition coefficient (Wildman–Crippen LogP) is 1.79. The summed E-state index contributed by atoms with van der Waals surface area (Å²) in [5, 5.41) is 7.20. The highest BCUT2D eigenvalue weighted by Crippen LogP contribution is 2.11. The lowest BCUT2D eigenvalue weighted by Crippen LogP contribution is -2.41. The van der Waals surface area contributed by atoms with E-state index < -0.39 is 10.0 Å². The Labute approximate surface area is 159 Å². The molecule has 1 aromatic carbocycles. The van der Waals surface area contributed by atoms with Crippen molar-refractivity contribution in [2.75, 3.05) is 19.6 Å². The Morgan fingerprint density at radius 3 is 2.50 bits per heavy atom. The Morgan fingerprint density at radius 1 is 1.15 bits per heavy atom. The molecule has 0 atom stereocenters. The molecule has 0 saturated heterocycles. The molecule has 0 aliphatic rings. The lowest BCUT2D eigenvalue weighted by atomic mass is 10.2. The summed E-state index contributed by atoms with van der Waals surface area (Å²) in [4.78, 5) is 10.2. The maximum absolute atomic E-state index is 12.2. The standard InChI is InChI=1S/C17H25N5O2S2/c1-4-18-17(21-12-16-20-11-14(3)25-16)19-9-10-22-26(23,24)15-7-5-13(2)6-8-15/h5-8,11,22H,4,9-10,12H2,1-3H3,(H2,18,19,21). The molecule has 1 heterocycles. The minimum Gasteiger partial charge on any atom is -0.357 e. The van der Waals surface area contributed by atoms with E-state index in [1.54, 1.807) is 35.6 Å². The Bertz CT molecular complexity index is 829. The van der Waals surface area contributed by atoms with E-state index in [9.17, 15) is 8.42 Å². The molecule has 0 saturated carbocycles. The minimum atomic E-state index is -3.50. The number of rotatable bonds is 8. The molecule has 0 aliphatic carbocycles. The summed E-state index contributed by atoms with van der Waals surface area (Å²) < 4.78 is 27.1. The van der Waals surface area contributed by atoms with Crippen molar-refractivity contribution in [1.29, 1.82) is 0 Å². The van der Waals surface area contributed by atoms with Gasteiger partial charge in [-0.2, -0.15) is 0 Å². The van der Waals surface area contributed by atoms with Crippen LogP contribution in [0, 0.1) is 13.8 Å². The monoisotopic (exact) mass is 395 g/mol. The number of nitrogens with zero attached hydrogens (tertiary/aromatic N) is 2. The van der Waals surface area contributed by atoms with Crippen LogP contribution in [0.15, 0.2) is 40.4 Å². The van der Waals surface area contributed by atoms with Crippen molar-refractivity contribution >= 4 is 27.3 Å². The number of hydrogen-bond donors (Lipinski definition) is 3. The Morgan fingerprint density at radius 2 is 1.88 bits per heavy atom. The summed E-state index contributed by atoms with van der Waals surface area (Å²) in [6.07, 6.45) is 1.83. The second kappa shape index (κ2) is 9.65. The fraction of sp³-hybridized carbons (Fsp3) is 0.412. The number of aliphatic imine (C=N–C) groups is 1. The van der Waals surface area contributed by atoms with Gasteiger partial charge in [-0.3, -0.25) is 0 Å². The molecular weight excluding hydrogens is 370 g/mol. The van der Waals surface area contributed by atoms with Gasteiger partial charge in [-0.15, -0.1) is 11.3 Å². The van der Waals surface area contributed by atoms with Crippen LogP contribution in [0.1, 0.15) is 22.4 Å². The van der Waals surface area contributed by atoms with Crippen LogP contribution in [0.3, 0.4) is 0 Å². The molecule has 9 heteroatoms. The van der Waals surface area contributed by atoms with E-state index in [2.05, 4.69) is 25.3 Å². The van der Waals surface area contributed by atoms with Crippen LogP contribution in [-0.2, 0) is 16.6 Å². The highest BCUT2D eigenvalue weighted by atomic mass is 32.2. The highest BCUT2D eigenvalue weighted by molar-refractivity contribution is 7.89. The van der Waals surface area contributed by atoms with E-state index in [1.807, 2.05) is 27.0 Å². The molecule has 0 unspecified atom stereocenters. The molecular formula is C17H25N5O2S2. The van der Waals surface area contributed by atoms with Gasteiger partial charge in [-0.1, -0.05) is 17.7 Å². The Hall–Kier alpha value is -1.97. The summed E-state index contributed by atoms with van der Waals surface area (Å²) in [5.74, 6) is 0.634. The van der Waals surface area contributed by atoms with Gasteiger partial charge in [0.15, 0.2) is 5.96 Å². The Kier molecular flexibility index (Phi) is 7.55. The average molecular weight is 396 g/mol. The third-order valence-corrected chi connectivity index (χ3v) is 5.80. The van der Waals surface area contributed by atoms with E-state index in [0.717, 1.165) is 22.0 Å². The van der Waals surface area contributed by atoms with Crippen molar-refractivity contribution in [3.8, 4) is 0 Å². The molecule has 0 bridgehead atoms. The van der Waals surface area contributed by atoms with E-state index in [-0.39, 0.29) is 11.4 Å². The normalized spacial score (nSPS) is 12.2. The van der Waals surface area contributed by atoms with E-state index in [0.29, 0.717) is 19.0 Å². The van der Waals surface area contributed by atoms with Crippen LogP contribution in [-0.4, -0.2) is 39.0 Å². The quantitative estimate of drug-likeness (QED) is 0.360. The molecule has 0 radical (unpaired) electrons. The molecule has 0 amide bonds. The van der Waals surface area contributed by atoms with Crippen molar-refractivity contribution in [3.63, 3.8) is 0 Å². The molecule has 3 N–H and O–H groups in total. The SMILES string of the molecule is CCNC(=NCc1ncc(C)s1)NCCNS(=O)(=O)c1ccc(C)cc1. The van der Waals surface area contributed by atoms with Crippen molar-refractivity contribution < 1.29 is 8.42 Å². The van der Waals surface area contributed by atoms with Gasteiger partial charge >= 0.3 is 0 Å². The zero-order chi connectivity index (χ0) is 19.0. The summed E-state index contributed by atoms with van der Waals surface area (Å²) in [7, 11) is -3.50. The molecule has 7 nitrogen and oxygen atoms in total. The second-order valence-electron chi connectivity index (χ2n) is 5.70. The lowest BCUT2D eigenvalue weighted by molar-refractivity contribution is 0.580. The molecule has 0 fully saturated rings. The fourth-order valence-electron chi connectivity index (χ4n) is 2.13. The molecule has 1 aromatic heterocycles. The van der Waals surface area contributed by atoms with E-state index in [1.165, 1.54) is 0 Å². The molecule has 2 aromatic rings. The number of sulfonamides is 1. The number of aromatic nitrogens is 1. The number of thiazole rings is 1. The zero-order valence-corrected chi connectivity index (χ0v) is 16.9. The number of hydrogen-bond acceptors (Lipinski definition) is 5. The van der Waals surface area contributed by atoms with Crippen LogP contribution in [0.5, 0.6) is 0 Å². The third kappa shape index (κ3) is 6.40. The van der Waals surface area contributed by atoms with Crippen molar-refractivity contribution in [3.05, 3.63) is 45.9 Å². The van der Waals surface area contributed by atoms with Gasteiger partial charge in [-0.05, 0) is 32.9 Å². The first-order valence-electron chi connectivity index (χ1n) is 8.40. The van der Waals surface area contributed by atoms with Gasteiger partial charge in [0.25, 0.3) is 0 Å². The van der Waals surface area contributed by atoms with Gasteiger partial charge in [0.2, 0.25) is 10.0 Å². The maximum atomic E-state index is 12.2. The number of benzene rings is 1. The average Bonchev–Trinajstić information content (AvgIpc) is 3.02. The van der Waals surface area contributed by atoms with Crippen LogP contribution in [0.25, 0.3) is 0 Å². The van der Waals surface area contributed by atoms with Crippen LogP contribution in [0.4, 0.5) is 0 Å². The van der Waals surface area contributed by atoms with Crippen LogP contribution >= 0.6 is 11.3 Å². The molecule has 26 heavy (non-hydrogen) atoms. The first-order valence-corrected chi connectivity index (χ1v) is 10.7. The number of nitrogens with one attached hydrogen (secondary N) is 3. The summed E-state index contributed by atoms with van der Waals surface area (Å²) in [6.45, 7) is 7.80. The molecule has 0 aliphatic heterocycles. The van der Waals surface area contributed by atoms with Crippen molar-refractivity contribution in [2.45, 2.75) is 32.2 Å². The maximum Gasteiger partial charge on any atom is 0.240 e. The second-order valence-corrected chi connectivity index (χ2v) is 8.78. The topological polar surface area (TPSA) is 95.5 Å². The van der Waals surface area contributed by atoms with Gasteiger partial charge < -0.3 is 10.6 Å².